The molecular formula is C16H13Cl2NO. The van der Waals surface area contributed by atoms with Crippen LogP contribution in [0, 0.1) is 0 Å². The summed E-state index contributed by atoms with van der Waals surface area (Å²) in [5.74, 6) is 0.0687. The quantitative estimate of drug-likeness (QED) is 0.817. The Kier molecular flexibility index (Phi) is 3.68. The number of anilines is 1. The highest BCUT2D eigenvalue weighted by Crippen LogP contribution is 2.29. The van der Waals surface area contributed by atoms with E-state index in [9.17, 15) is 4.79 Å². The van der Waals surface area contributed by atoms with E-state index in [1.807, 2.05) is 29.2 Å². The summed E-state index contributed by atoms with van der Waals surface area (Å²) in [7, 11) is 0. The third kappa shape index (κ3) is 2.54. The van der Waals surface area contributed by atoms with Gasteiger partial charge >= 0.3 is 0 Å². The molecule has 0 saturated heterocycles. The summed E-state index contributed by atoms with van der Waals surface area (Å²) in [6.07, 6.45) is 1.21. The molecule has 3 rings (SSSR count). The van der Waals surface area contributed by atoms with Crippen molar-refractivity contribution in [2.24, 2.45) is 0 Å². The van der Waals surface area contributed by atoms with Gasteiger partial charge in [0.1, 0.15) is 0 Å². The van der Waals surface area contributed by atoms with Crippen molar-refractivity contribution in [3.8, 4) is 0 Å². The first-order valence-corrected chi connectivity index (χ1v) is 7.23. The molecule has 2 aromatic carbocycles. The first-order chi connectivity index (χ1) is 9.65. The van der Waals surface area contributed by atoms with E-state index in [0.29, 0.717) is 16.5 Å². The zero-order valence-corrected chi connectivity index (χ0v) is 12.3. The number of benzene rings is 2. The summed E-state index contributed by atoms with van der Waals surface area (Å²) in [5.41, 5.74) is 3.05. The van der Waals surface area contributed by atoms with E-state index in [0.717, 1.165) is 24.2 Å². The van der Waals surface area contributed by atoms with Gasteiger partial charge < -0.3 is 4.90 Å². The minimum absolute atomic E-state index is 0.0687. The van der Waals surface area contributed by atoms with Gasteiger partial charge in [-0.2, -0.15) is 0 Å². The Morgan fingerprint density at radius 1 is 1.15 bits per heavy atom. The molecule has 1 aliphatic heterocycles. The lowest BCUT2D eigenvalue weighted by Crippen LogP contribution is -2.30. The number of carbonyl (C=O) groups is 1. The Labute approximate surface area is 127 Å². The topological polar surface area (TPSA) is 20.3 Å². The Bertz CT molecular complexity index is 669. The molecule has 4 heteroatoms. The molecule has 20 heavy (non-hydrogen) atoms. The van der Waals surface area contributed by atoms with Gasteiger partial charge in [-0.1, -0.05) is 47.5 Å². The van der Waals surface area contributed by atoms with Crippen LogP contribution >= 0.6 is 23.2 Å². The lowest BCUT2D eigenvalue weighted by Gasteiger charge is -2.17. The number of para-hydroxylation sites is 1. The van der Waals surface area contributed by atoms with Gasteiger partial charge in [-0.05, 0) is 35.7 Å². The molecule has 0 fully saturated rings. The van der Waals surface area contributed by atoms with Crippen molar-refractivity contribution >= 4 is 34.8 Å². The van der Waals surface area contributed by atoms with Crippen molar-refractivity contribution in [2.45, 2.75) is 12.8 Å². The van der Waals surface area contributed by atoms with Gasteiger partial charge in [0.25, 0.3) is 0 Å². The lowest BCUT2D eigenvalue weighted by atomic mass is 10.1. The van der Waals surface area contributed by atoms with E-state index in [4.69, 9.17) is 23.2 Å². The standard InChI is InChI=1S/C16H13Cl2NO/c17-13-6-5-12(14(18)10-13)9-16(20)19-8-7-11-3-1-2-4-15(11)19/h1-6,10H,7-9H2. The van der Waals surface area contributed by atoms with Gasteiger partial charge in [0.05, 0.1) is 6.42 Å². The largest absolute Gasteiger partial charge is 0.312 e. The second-order valence-corrected chi connectivity index (χ2v) is 5.68. The van der Waals surface area contributed by atoms with Gasteiger partial charge in [-0.15, -0.1) is 0 Å². The average molecular weight is 306 g/mol. The van der Waals surface area contributed by atoms with Crippen LogP contribution in [0.5, 0.6) is 0 Å². The Morgan fingerprint density at radius 2 is 1.95 bits per heavy atom. The summed E-state index contributed by atoms with van der Waals surface area (Å²) in [5, 5.41) is 1.12. The molecule has 0 aromatic heterocycles. The van der Waals surface area contributed by atoms with E-state index < -0.39 is 0 Å². The number of nitrogens with zero attached hydrogens (tertiary/aromatic N) is 1. The number of carbonyl (C=O) groups excluding carboxylic acids is 1. The molecular weight excluding hydrogens is 293 g/mol. The Balaban J connectivity index is 1.81. The van der Waals surface area contributed by atoms with Crippen molar-refractivity contribution in [2.75, 3.05) is 11.4 Å². The Hall–Kier alpha value is -1.51. The lowest BCUT2D eigenvalue weighted by molar-refractivity contribution is -0.117. The van der Waals surface area contributed by atoms with Crippen molar-refractivity contribution < 1.29 is 4.79 Å². The number of halogens is 2. The molecule has 0 saturated carbocycles. The highest BCUT2D eigenvalue weighted by Gasteiger charge is 2.24. The SMILES string of the molecule is O=C(Cc1ccc(Cl)cc1Cl)N1CCc2ccccc21. The van der Waals surface area contributed by atoms with Crippen molar-refractivity contribution in [1.29, 1.82) is 0 Å². The highest BCUT2D eigenvalue weighted by molar-refractivity contribution is 6.35. The minimum Gasteiger partial charge on any atom is -0.312 e. The molecule has 1 amide bonds. The molecule has 0 radical (unpaired) electrons. The van der Waals surface area contributed by atoms with Crippen molar-refractivity contribution in [1.82, 2.24) is 0 Å². The fraction of sp³-hybridized carbons (Fsp3) is 0.188. The predicted molar refractivity (Wildman–Crippen MR) is 82.7 cm³/mol. The maximum absolute atomic E-state index is 12.4. The second-order valence-electron chi connectivity index (χ2n) is 4.84. The van der Waals surface area contributed by atoms with Gasteiger partial charge in [-0.25, -0.2) is 0 Å². The van der Waals surface area contributed by atoms with Crippen LogP contribution in [0.3, 0.4) is 0 Å². The first-order valence-electron chi connectivity index (χ1n) is 6.47. The summed E-state index contributed by atoms with van der Waals surface area (Å²) in [6.45, 7) is 0.739. The van der Waals surface area contributed by atoms with E-state index in [1.165, 1.54) is 5.56 Å². The van der Waals surface area contributed by atoms with Crippen LogP contribution in [0.2, 0.25) is 10.0 Å². The normalized spacial score (nSPS) is 13.4. The van der Waals surface area contributed by atoms with Crippen LogP contribution in [0.15, 0.2) is 42.5 Å². The third-order valence-corrected chi connectivity index (χ3v) is 4.13. The molecule has 1 heterocycles. The van der Waals surface area contributed by atoms with E-state index in [-0.39, 0.29) is 5.91 Å². The monoisotopic (exact) mass is 305 g/mol. The van der Waals surface area contributed by atoms with Crippen molar-refractivity contribution in [3.05, 3.63) is 63.6 Å². The molecule has 0 aliphatic carbocycles. The first kappa shape index (κ1) is 13.5. The van der Waals surface area contributed by atoms with Crippen LogP contribution in [0.4, 0.5) is 5.69 Å². The van der Waals surface area contributed by atoms with Gasteiger partial charge in [0, 0.05) is 22.3 Å². The van der Waals surface area contributed by atoms with Crippen LogP contribution in [-0.4, -0.2) is 12.5 Å². The number of amides is 1. The van der Waals surface area contributed by atoms with Crippen LogP contribution in [-0.2, 0) is 17.6 Å². The summed E-state index contributed by atoms with van der Waals surface area (Å²) < 4.78 is 0. The zero-order chi connectivity index (χ0) is 14.1. The molecule has 0 bridgehead atoms. The van der Waals surface area contributed by atoms with Gasteiger partial charge in [0.2, 0.25) is 5.91 Å². The highest BCUT2D eigenvalue weighted by atomic mass is 35.5. The smallest absolute Gasteiger partial charge is 0.231 e. The van der Waals surface area contributed by atoms with Crippen LogP contribution < -0.4 is 4.90 Å². The van der Waals surface area contributed by atoms with E-state index >= 15 is 0 Å². The molecule has 0 unspecified atom stereocenters. The molecule has 0 N–H and O–H groups in total. The number of fused-ring (bicyclic) bond motifs is 1. The maximum Gasteiger partial charge on any atom is 0.231 e. The molecule has 0 spiro atoms. The molecule has 1 aliphatic rings. The molecule has 0 atom stereocenters. The fourth-order valence-corrected chi connectivity index (χ4v) is 3.00. The summed E-state index contributed by atoms with van der Waals surface area (Å²) in [4.78, 5) is 14.3. The number of rotatable bonds is 2. The van der Waals surface area contributed by atoms with E-state index in [2.05, 4.69) is 6.07 Å². The van der Waals surface area contributed by atoms with Crippen molar-refractivity contribution in [3.63, 3.8) is 0 Å². The molecule has 2 nitrogen and oxygen atoms in total. The molecule has 102 valence electrons. The third-order valence-electron chi connectivity index (χ3n) is 3.55. The second kappa shape index (κ2) is 5.47. The van der Waals surface area contributed by atoms with Crippen LogP contribution in [0.1, 0.15) is 11.1 Å². The summed E-state index contributed by atoms with van der Waals surface area (Å²) >= 11 is 12.0. The minimum atomic E-state index is 0.0687. The van der Waals surface area contributed by atoms with Crippen LogP contribution in [0.25, 0.3) is 0 Å². The molecule has 2 aromatic rings. The predicted octanol–water partition coefficient (Wildman–Crippen LogP) is 4.13. The van der Waals surface area contributed by atoms with E-state index in [1.54, 1.807) is 12.1 Å². The number of hydrogen-bond acceptors (Lipinski definition) is 1. The fourth-order valence-electron chi connectivity index (χ4n) is 2.52. The average Bonchev–Trinajstić information content (AvgIpc) is 2.86. The number of hydrogen-bond donors (Lipinski definition) is 0. The van der Waals surface area contributed by atoms with Gasteiger partial charge in [-0.3, -0.25) is 4.79 Å². The Morgan fingerprint density at radius 3 is 2.75 bits per heavy atom. The van der Waals surface area contributed by atoms with Gasteiger partial charge in [0.15, 0.2) is 0 Å². The maximum atomic E-state index is 12.4. The summed E-state index contributed by atoms with van der Waals surface area (Å²) in [6, 6.07) is 13.3. The zero-order valence-electron chi connectivity index (χ0n) is 10.8.